The fourth-order valence-corrected chi connectivity index (χ4v) is 2.67. The summed E-state index contributed by atoms with van der Waals surface area (Å²) in [6.07, 6.45) is 2.30. The van der Waals surface area contributed by atoms with Gasteiger partial charge >= 0.3 is 6.09 Å². The number of rotatable bonds is 7. The van der Waals surface area contributed by atoms with Crippen molar-refractivity contribution in [2.45, 2.75) is 44.1 Å². The monoisotopic (exact) mass is 311 g/mol. The largest absolute Gasteiger partial charge is 0.445 e. The van der Waals surface area contributed by atoms with Crippen molar-refractivity contribution in [1.29, 1.82) is 0 Å². The number of nitrogens with one attached hydrogen (secondary N) is 1. The molecule has 0 bridgehead atoms. The van der Waals surface area contributed by atoms with Crippen LogP contribution < -0.4 is 4.72 Å². The van der Waals surface area contributed by atoms with E-state index in [1.54, 1.807) is 18.2 Å². The number of carbonyl (C=O) groups excluding carboxylic acids is 1. The Morgan fingerprint density at radius 1 is 1.38 bits per heavy atom. The van der Waals surface area contributed by atoms with Crippen molar-refractivity contribution in [1.82, 2.24) is 4.72 Å². The summed E-state index contributed by atoms with van der Waals surface area (Å²) in [5.41, 5.74) is 0.936. The van der Waals surface area contributed by atoms with Crippen LogP contribution in [0, 0.1) is 6.92 Å². The first-order valence-corrected chi connectivity index (χ1v) is 8.28. The Bertz CT molecular complexity index is 578. The molecule has 1 N–H and O–H groups in total. The molecule has 1 aromatic carbocycles. The van der Waals surface area contributed by atoms with Gasteiger partial charge in [0.05, 0.1) is 4.90 Å². The molecule has 116 valence electrons. The molecule has 1 aromatic rings. The molecule has 0 aliphatic rings. The van der Waals surface area contributed by atoms with Crippen molar-refractivity contribution in [3.8, 4) is 0 Å². The van der Waals surface area contributed by atoms with Crippen molar-refractivity contribution in [2.75, 3.05) is 0 Å². The molecule has 0 aliphatic carbocycles. The van der Waals surface area contributed by atoms with Gasteiger partial charge in [-0.15, -0.1) is 6.58 Å². The first-order chi connectivity index (χ1) is 9.89. The minimum absolute atomic E-state index is 0.0285. The summed E-state index contributed by atoms with van der Waals surface area (Å²) >= 11 is 0. The van der Waals surface area contributed by atoms with Crippen LogP contribution in [0.2, 0.25) is 0 Å². The summed E-state index contributed by atoms with van der Waals surface area (Å²) in [6.45, 7) is 7.40. The molecule has 1 atom stereocenters. The molecule has 0 aliphatic heterocycles. The Labute approximate surface area is 126 Å². The third-order valence-electron chi connectivity index (χ3n) is 2.86. The Morgan fingerprint density at radius 2 is 2.00 bits per heavy atom. The van der Waals surface area contributed by atoms with Gasteiger partial charge in [0, 0.05) is 6.42 Å². The number of aryl methyl sites for hydroxylation is 1. The van der Waals surface area contributed by atoms with E-state index in [1.807, 2.05) is 18.6 Å². The van der Waals surface area contributed by atoms with Crippen molar-refractivity contribution in [2.24, 2.45) is 0 Å². The minimum Gasteiger partial charge on any atom is -0.445 e. The standard InChI is InChI=1S/C15H21NO4S/c1-4-6-13(7-5-2)20-15(17)16-21(18,19)14-10-8-12(3)9-11-14/h4,8-11,13H,1,5-7H2,2-3H3,(H,16,17). The topological polar surface area (TPSA) is 72.5 Å². The predicted molar refractivity (Wildman–Crippen MR) is 81.5 cm³/mol. The molecule has 0 spiro atoms. The van der Waals surface area contributed by atoms with Crippen molar-refractivity contribution < 1.29 is 17.9 Å². The van der Waals surface area contributed by atoms with Gasteiger partial charge in [-0.3, -0.25) is 0 Å². The van der Waals surface area contributed by atoms with Crippen LogP contribution in [0.4, 0.5) is 4.79 Å². The molecule has 6 heteroatoms. The lowest BCUT2D eigenvalue weighted by atomic mass is 10.1. The van der Waals surface area contributed by atoms with Gasteiger partial charge in [0.1, 0.15) is 6.10 Å². The average molecular weight is 311 g/mol. The van der Waals surface area contributed by atoms with Crippen molar-refractivity contribution in [3.63, 3.8) is 0 Å². The molecule has 1 unspecified atom stereocenters. The van der Waals surface area contributed by atoms with Gasteiger partial charge < -0.3 is 4.74 Å². The van der Waals surface area contributed by atoms with Gasteiger partial charge in [0.2, 0.25) is 0 Å². The second kappa shape index (κ2) is 7.83. The maximum absolute atomic E-state index is 12.0. The predicted octanol–water partition coefficient (Wildman–Crippen LogP) is 3.15. The molecule has 0 saturated carbocycles. The Balaban J connectivity index is 2.72. The van der Waals surface area contributed by atoms with Crippen LogP contribution in [-0.2, 0) is 14.8 Å². The lowest BCUT2D eigenvalue weighted by Gasteiger charge is -2.16. The van der Waals surface area contributed by atoms with Crippen LogP contribution in [0.15, 0.2) is 41.8 Å². The van der Waals surface area contributed by atoms with Crippen LogP contribution in [-0.4, -0.2) is 20.6 Å². The van der Waals surface area contributed by atoms with E-state index in [2.05, 4.69) is 6.58 Å². The normalized spacial score (nSPS) is 12.5. The highest BCUT2D eigenvalue weighted by molar-refractivity contribution is 7.90. The van der Waals surface area contributed by atoms with E-state index in [0.717, 1.165) is 12.0 Å². The molecule has 0 saturated heterocycles. The number of carbonyl (C=O) groups is 1. The van der Waals surface area contributed by atoms with Gasteiger partial charge in [0.25, 0.3) is 10.0 Å². The fraction of sp³-hybridized carbons (Fsp3) is 0.400. The van der Waals surface area contributed by atoms with Gasteiger partial charge in [-0.05, 0) is 25.5 Å². The van der Waals surface area contributed by atoms with Crippen LogP contribution in [0.1, 0.15) is 31.7 Å². The molecule has 1 rings (SSSR count). The van der Waals surface area contributed by atoms with Gasteiger partial charge in [-0.2, -0.15) is 0 Å². The molecule has 0 heterocycles. The highest BCUT2D eigenvalue weighted by Crippen LogP contribution is 2.12. The van der Waals surface area contributed by atoms with Crippen molar-refractivity contribution >= 4 is 16.1 Å². The smallest absolute Gasteiger partial charge is 0.421 e. The Hall–Kier alpha value is -1.82. The maximum Gasteiger partial charge on any atom is 0.421 e. The summed E-state index contributed by atoms with van der Waals surface area (Å²) < 4.78 is 31.1. The number of amides is 1. The van der Waals surface area contributed by atoms with Crippen LogP contribution in [0.3, 0.4) is 0 Å². The van der Waals surface area contributed by atoms with Gasteiger partial charge in [0.15, 0.2) is 0 Å². The molecule has 21 heavy (non-hydrogen) atoms. The summed E-state index contributed by atoms with van der Waals surface area (Å²) in [7, 11) is -3.90. The van der Waals surface area contributed by atoms with E-state index in [-0.39, 0.29) is 11.0 Å². The first-order valence-electron chi connectivity index (χ1n) is 6.80. The molecular formula is C15H21NO4S. The van der Waals surface area contributed by atoms with Gasteiger partial charge in [-0.1, -0.05) is 37.1 Å². The zero-order chi connectivity index (χ0) is 15.9. The van der Waals surface area contributed by atoms with E-state index in [1.165, 1.54) is 12.1 Å². The Morgan fingerprint density at radius 3 is 2.52 bits per heavy atom. The third-order valence-corrected chi connectivity index (χ3v) is 4.19. The number of hydrogen-bond donors (Lipinski definition) is 1. The second-order valence-corrected chi connectivity index (χ2v) is 6.44. The van der Waals surface area contributed by atoms with E-state index in [9.17, 15) is 13.2 Å². The maximum atomic E-state index is 12.0. The van der Waals surface area contributed by atoms with E-state index >= 15 is 0 Å². The quantitative estimate of drug-likeness (QED) is 0.785. The number of ether oxygens (including phenoxy) is 1. The molecular weight excluding hydrogens is 290 g/mol. The lowest BCUT2D eigenvalue weighted by molar-refractivity contribution is 0.0987. The molecule has 1 amide bonds. The molecule has 0 aromatic heterocycles. The van der Waals surface area contributed by atoms with Crippen molar-refractivity contribution in [3.05, 3.63) is 42.5 Å². The number of sulfonamides is 1. The highest BCUT2D eigenvalue weighted by Gasteiger charge is 2.20. The first kappa shape index (κ1) is 17.2. The van der Waals surface area contributed by atoms with E-state index < -0.39 is 16.1 Å². The van der Waals surface area contributed by atoms with Crippen LogP contribution >= 0.6 is 0 Å². The number of hydrogen-bond acceptors (Lipinski definition) is 4. The SMILES string of the molecule is C=CCC(CCC)OC(=O)NS(=O)(=O)c1ccc(C)cc1. The minimum atomic E-state index is -3.90. The summed E-state index contributed by atoms with van der Waals surface area (Å²) in [5.74, 6) is 0. The zero-order valence-corrected chi connectivity index (χ0v) is 13.2. The summed E-state index contributed by atoms with van der Waals surface area (Å²) in [6, 6.07) is 6.21. The lowest BCUT2D eigenvalue weighted by Crippen LogP contribution is -2.33. The summed E-state index contributed by atoms with van der Waals surface area (Å²) in [4.78, 5) is 11.7. The van der Waals surface area contributed by atoms with Gasteiger partial charge in [-0.25, -0.2) is 17.9 Å². The molecule has 0 fully saturated rings. The number of benzene rings is 1. The second-order valence-electron chi connectivity index (χ2n) is 4.76. The molecule has 5 nitrogen and oxygen atoms in total. The van der Waals surface area contributed by atoms with E-state index in [4.69, 9.17) is 4.74 Å². The zero-order valence-electron chi connectivity index (χ0n) is 12.3. The average Bonchev–Trinajstić information content (AvgIpc) is 2.39. The van der Waals surface area contributed by atoms with E-state index in [0.29, 0.717) is 12.8 Å². The van der Waals surface area contributed by atoms with Crippen LogP contribution in [0.25, 0.3) is 0 Å². The molecule has 0 radical (unpaired) electrons. The summed E-state index contributed by atoms with van der Waals surface area (Å²) in [5, 5.41) is 0. The third kappa shape index (κ3) is 5.59. The highest BCUT2D eigenvalue weighted by atomic mass is 32.2. The Kier molecular flexibility index (Phi) is 6.42. The van der Waals surface area contributed by atoms with Crippen LogP contribution in [0.5, 0.6) is 0 Å². The fourth-order valence-electron chi connectivity index (χ4n) is 1.79.